The highest BCUT2D eigenvalue weighted by Crippen LogP contribution is 2.24. The molecule has 0 aliphatic rings. The first-order valence-electron chi connectivity index (χ1n) is 5.06. The molecule has 0 bridgehead atoms. The summed E-state index contributed by atoms with van der Waals surface area (Å²) < 4.78 is 10.1. The second-order valence-corrected chi connectivity index (χ2v) is 3.78. The third kappa shape index (κ3) is 2.57. The number of ether oxygens (including phenoxy) is 1. The topological polar surface area (TPSA) is 85.5 Å². The van der Waals surface area contributed by atoms with Crippen LogP contribution in [0.2, 0.25) is 0 Å². The standard InChI is InChI=1S/C10H16N2O4/c1-5(6(2)10(13)14)9-11-8(12-16-9)7(3)15-4/h5-7H,1-4H3,(H,13,14). The second kappa shape index (κ2) is 5.07. The molecule has 16 heavy (non-hydrogen) atoms. The minimum atomic E-state index is -0.882. The molecule has 0 aromatic carbocycles. The van der Waals surface area contributed by atoms with Crippen LogP contribution < -0.4 is 0 Å². The zero-order valence-electron chi connectivity index (χ0n) is 9.80. The molecule has 6 nitrogen and oxygen atoms in total. The lowest BCUT2D eigenvalue weighted by molar-refractivity contribution is -0.141. The van der Waals surface area contributed by atoms with Gasteiger partial charge in [-0.15, -0.1) is 0 Å². The van der Waals surface area contributed by atoms with Crippen LogP contribution in [0.3, 0.4) is 0 Å². The zero-order valence-corrected chi connectivity index (χ0v) is 9.80. The van der Waals surface area contributed by atoms with Crippen LogP contribution in [0.1, 0.15) is 44.5 Å². The van der Waals surface area contributed by atoms with Gasteiger partial charge in [-0.3, -0.25) is 4.79 Å². The van der Waals surface area contributed by atoms with Crippen molar-refractivity contribution in [3.63, 3.8) is 0 Å². The summed E-state index contributed by atoms with van der Waals surface area (Å²) in [6.07, 6.45) is -0.259. The number of aliphatic carboxylic acids is 1. The van der Waals surface area contributed by atoms with Crippen LogP contribution in [0.15, 0.2) is 4.52 Å². The summed E-state index contributed by atoms with van der Waals surface area (Å²) in [5, 5.41) is 12.6. The monoisotopic (exact) mass is 228 g/mol. The van der Waals surface area contributed by atoms with Gasteiger partial charge in [-0.05, 0) is 6.92 Å². The fraction of sp³-hybridized carbons (Fsp3) is 0.700. The molecule has 0 spiro atoms. The SMILES string of the molecule is COC(C)c1noc(C(C)C(C)C(=O)O)n1. The summed E-state index contributed by atoms with van der Waals surface area (Å²) in [5.41, 5.74) is 0. The highest BCUT2D eigenvalue weighted by molar-refractivity contribution is 5.70. The van der Waals surface area contributed by atoms with Gasteiger partial charge in [0.1, 0.15) is 6.10 Å². The molecule has 0 saturated heterocycles. The van der Waals surface area contributed by atoms with E-state index >= 15 is 0 Å². The van der Waals surface area contributed by atoms with E-state index < -0.39 is 11.9 Å². The molecule has 1 rings (SSSR count). The Bertz CT molecular complexity index is 363. The maximum Gasteiger partial charge on any atom is 0.307 e. The summed E-state index contributed by atoms with van der Waals surface area (Å²) in [5.74, 6) is -1.00. The van der Waals surface area contributed by atoms with Crippen LogP contribution in [-0.4, -0.2) is 28.3 Å². The van der Waals surface area contributed by atoms with Crippen molar-refractivity contribution < 1.29 is 19.2 Å². The molecule has 1 aromatic heterocycles. The molecular weight excluding hydrogens is 212 g/mol. The van der Waals surface area contributed by atoms with Gasteiger partial charge in [0.2, 0.25) is 5.89 Å². The normalized spacial score (nSPS) is 16.8. The second-order valence-electron chi connectivity index (χ2n) is 3.78. The Kier molecular flexibility index (Phi) is 4.00. The van der Waals surface area contributed by atoms with E-state index in [0.717, 1.165) is 0 Å². The number of aromatic nitrogens is 2. The average molecular weight is 228 g/mol. The van der Waals surface area contributed by atoms with Gasteiger partial charge in [-0.1, -0.05) is 19.0 Å². The molecular formula is C10H16N2O4. The van der Waals surface area contributed by atoms with Crippen LogP contribution in [0.25, 0.3) is 0 Å². The van der Waals surface area contributed by atoms with Crippen molar-refractivity contribution in [3.8, 4) is 0 Å². The first kappa shape index (κ1) is 12.6. The van der Waals surface area contributed by atoms with Crippen molar-refractivity contribution in [2.45, 2.75) is 32.8 Å². The first-order valence-corrected chi connectivity index (χ1v) is 5.06. The molecule has 1 aromatic rings. The minimum absolute atomic E-state index is 0.259. The highest BCUT2D eigenvalue weighted by Gasteiger charge is 2.26. The van der Waals surface area contributed by atoms with Gasteiger partial charge in [-0.25, -0.2) is 0 Å². The summed E-state index contributed by atoms with van der Waals surface area (Å²) >= 11 is 0. The van der Waals surface area contributed by atoms with Gasteiger partial charge in [0.05, 0.1) is 5.92 Å². The fourth-order valence-electron chi connectivity index (χ4n) is 1.13. The lowest BCUT2D eigenvalue weighted by Gasteiger charge is -2.10. The molecule has 0 amide bonds. The van der Waals surface area contributed by atoms with E-state index in [1.54, 1.807) is 27.9 Å². The molecule has 90 valence electrons. The molecule has 6 heteroatoms. The largest absolute Gasteiger partial charge is 0.481 e. The number of carboxylic acids is 1. The van der Waals surface area contributed by atoms with Crippen LogP contribution >= 0.6 is 0 Å². The van der Waals surface area contributed by atoms with Gasteiger partial charge in [-0.2, -0.15) is 4.98 Å². The van der Waals surface area contributed by atoms with Gasteiger partial charge in [0.25, 0.3) is 0 Å². The number of carbonyl (C=O) groups is 1. The van der Waals surface area contributed by atoms with E-state index in [-0.39, 0.29) is 12.0 Å². The van der Waals surface area contributed by atoms with Crippen molar-refractivity contribution in [1.29, 1.82) is 0 Å². The zero-order chi connectivity index (χ0) is 12.3. The van der Waals surface area contributed by atoms with Crippen molar-refractivity contribution in [2.24, 2.45) is 5.92 Å². The number of nitrogens with zero attached hydrogens (tertiary/aromatic N) is 2. The Morgan fingerprint density at radius 3 is 2.56 bits per heavy atom. The number of methoxy groups -OCH3 is 1. The Morgan fingerprint density at radius 2 is 2.06 bits per heavy atom. The summed E-state index contributed by atoms with van der Waals surface area (Å²) in [6, 6.07) is 0. The van der Waals surface area contributed by atoms with Crippen molar-refractivity contribution in [3.05, 3.63) is 11.7 Å². The Balaban J connectivity index is 2.81. The average Bonchev–Trinajstić information content (AvgIpc) is 2.75. The van der Waals surface area contributed by atoms with Crippen LogP contribution in [-0.2, 0) is 9.53 Å². The minimum Gasteiger partial charge on any atom is -0.481 e. The van der Waals surface area contributed by atoms with Crippen molar-refractivity contribution in [1.82, 2.24) is 10.1 Å². The number of hydrogen-bond donors (Lipinski definition) is 1. The van der Waals surface area contributed by atoms with Gasteiger partial charge in [0, 0.05) is 13.0 Å². The smallest absolute Gasteiger partial charge is 0.307 e. The van der Waals surface area contributed by atoms with Crippen LogP contribution in [0.5, 0.6) is 0 Å². The third-order valence-electron chi connectivity index (χ3n) is 2.70. The molecule has 0 fully saturated rings. The predicted octanol–water partition coefficient (Wildman–Crippen LogP) is 1.60. The van der Waals surface area contributed by atoms with Gasteiger partial charge in [0.15, 0.2) is 5.82 Å². The Labute approximate surface area is 93.6 Å². The summed E-state index contributed by atoms with van der Waals surface area (Å²) in [4.78, 5) is 14.9. The molecule has 3 unspecified atom stereocenters. The molecule has 0 aliphatic heterocycles. The summed E-state index contributed by atoms with van der Waals surface area (Å²) in [7, 11) is 1.55. The lowest BCUT2D eigenvalue weighted by Crippen LogP contribution is -2.17. The van der Waals surface area contributed by atoms with E-state index in [2.05, 4.69) is 10.1 Å². The molecule has 0 radical (unpaired) electrons. The van der Waals surface area contributed by atoms with Crippen LogP contribution in [0, 0.1) is 5.92 Å². The maximum atomic E-state index is 10.8. The van der Waals surface area contributed by atoms with Crippen molar-refractivity contribution in [2.75, 3.05) is 7.11 Å². The quantitative estimate of drug-likeness (QED) is 0.823. The number of rotatable bonds is 5. The lowest BCUT2D eigenvalue weighted by atomic mass is 9.96. The Morgan fingerprint density at radius 1 is 1.44 bits per heavy atom. The molecule has 0 aliphatic carbocycles. The number of hydrogen-bond acceptors (Lipinski definition) is 5. The molecule has 0 saturated carbocycles. The Hall–Kier alpha value is -1.43. The van der Waals surface area contributed by atoms with Gasteiger partial charge >= 0.3 is 5.97 Å². The molecule has 3 atom stereocenters. The third-order valence-corrected chi connectivity index (χ3v) is 2.70. The van der Waals surface area contributed by atoms with E-state index in [1.165, 1.54) is 0 Å². The molecule has 1 N–H and O–H groups in total. The highest BCUT2D eigenvalue weighted by atomic mass is 16.5. The summed E-state index contributed by atoms with van der Waals surface area (Å²) in [6.45, 7) is 5.14. The van der Waals surface area contributed by atoms with E-state index in [9.17, 15) is 4.79 Å². The van der Waals surface area contributed by atoms with E-state index in [4.69, 9.17) is 14.4 Å². The maximum absolute atomic E-state index is 10.8. The number of carboxylic acid groups (broad SMARTS) is 1. The van der Waals surface area contributed by atoms with Crippen LogP contribution in [0.4, 0.5) is 0 Å². The van der Waals surface area contributed by atoms with Gasteiger partial charge < -0.3 is 14.4 Å². The van der Waals surface area contributed by atoms with E-state index in [1.807, 2.05) is 0 Å². The first-order chi connectivity index (χ1) is 7.47. The fourth-order valence-corrected chi connectivity index (χ4v) is 1.13. The van der Waals surface area contributed by atoms with E-state index in [0.29, 0.717) is 11.7 Å². The molecule has 1 heterocycles. The van der Waals surface area contributed by atoms with Crippen molar-refractivity contribution >= 4 is 5.97 Å². The predicted molar refractivity (Wildman–Crippen MR) is 54.9 cm³/mol.